The van der Waals surface area contributed by atoms with E-state index in [2.05, 4.69) is 10.1 Å². The van der Waals surface area contributed by atoms with Crippen LogP contribution in [0.3, 0.4) is 0 Å². The molecule has 2 heterocycles. The quantitative estimate of drug-likeness (QED) is 0.336. The number of amidine groups is 1. The van der Waals surface area contributed by atoms with E-state index in [0.717, 1.165) is 20.1 Å². The highest BCUT2D eigenvalue weighted by Crippen LogP contribution is 2.33. The number of nitrogens with two attached hydrogens (primary N) is 1. The topological polar surface area (TPSA) is 71.5 Å². The van der Waals surface area contributed by atoms with Crippen LogP contribution in [0, 0.1) is 0 Å². The summed E-state index contributed by atoms with van der Waals surface area (Å²) in [5, 5.41) is 15.7. The molecule has 2 aromatic heterocycles. The van der Waals surface area contributed by atoms with Crippen LogP contribution in [0.5, 0.6) is 0 Å². The Morgan fingerprint density at radius 3 is 2.85 bits per heavy atom. The van der Waals surface area contributed by atoms with Crippen LogP contribution in [0.15, 0.2) is 62.2 Å². The van der Waals surface area contributed by atoms with Gasteiger partial charge in [-0.05, 0) is 23.6 Å². The van der Waals surface area contributed by atoms with Gasteiger partial charge in [-0.25, -0.2) is 4.98 Å². The second kappa shape index (κ2) is 5.52. The molecule has 0 aliphatic carbocycles. The maximum Gasteiger partial charge on any atom is 0.172 e. The normalized spacial score (nSPS) is 11.9. The third-order valence-corrected chi connectivity index (χ3v) is 4.81. The molecule has 20 heavy (non-hydrogen) atoms. The number of rotatable bonds is 3. The van der Waals surface area contributed by atoms with Crippen LogP contribution in [0.2, 0.25) is 0 Å². The molecule has 3 aromatic rings. The van der Waals surface area contributed by atoms with Crippen molar-refractivity contribution >= 4 is 39.8 Å². The van der Waals surface area contributed by atoms with Crippen LogP contribution in [-0.2, 0) is 0 Å². The Bertz CT molecular complexity index is 769. The van der Waals surface area contributed by atoms with Crippen LogP contribution < -0.4 is 5.73 Å². The molecule has 0 amide bonds. The number of para-hydroxylation sites is 1. The Kier molecular flexibility index (Phi) is 3.58. The Balaban J connectivity index is 2.16. The van der Waals surface area contributed by atoms with Gasteiger partial charge in [0.05, 0.1) is 15.3 Å². The summed E-state index contributed by atoms with van der Waals surface area (Å²) in [4.78, 5) is 4.62. The van der Waals surface area contributed by atoms with Crippen molar-refractivity contribution < 1.29 is 5.21 Å². The van der Waals surface area contributed by atoms with E-state index in [-0.39, 0.29) is 5.84 Å². The molecule has 0 aliphatic rings. The lowest BCUT2D eigenvalue weighted by Crippen LogP contribution is -2.15. The lowest BCUT2D eigenvalue weighted by Gasteiger charge is -2.08. The van der Waals surface area contributed by atoms with Gasteiger partial charge in [0.15, 0.2) is 5.84 Å². The molecule has 0 fully saturated rings. The molecular weight excluding hydrogens is 290 g/mol. The van der Waals surface area contributed by atoms with Crippen molar-refractivity contribution in [2.24, 2.45) is 10.9 Å². The molecule has 3 N–H and O–H groups in total. The first-order valence-electron chi connectivity index (χ1n) is 5.87. The zero-order valence-corrected chi connectivity index (χ0v) is 12.0. The van der Waals surface area contributed by atoms with Gasteiger partial charge in [-0.3, -0.25) is 0 Å². The summed E-state index contributed by atoms with van der Waals surface area (Å²) < 4.78 is 1.11. The first-order valence-corrected chi connectivity index (χ1v) is 7.56. The van der Waals surface area contributed by atoms with E-state index < -0.39 is 0 Å². The Labute approximate surface area is 124 Å². The molecule has 4 nitrogen and oxygen atoms in total. The predicted octanol–water partition coefficient (Wildman–Crippen LogP) is 3.54. The van der Waals surface area contributed by atoms with Crippen LogP contribution in [0.1, 0.15) is 5.56 Å². The van der Waals surface area contributed by atoms with Crippen molar-refractivity contribution in [1.82, 2.24) is 4.98 Å². The maximum atomic E-state index is 8.94. The smallest absolute Gasteiger partial charge is 0.172 e. The van der Waals surface area contributed by atoms with E-state index in [4.69, 9.17) is 10.9 Å². The minimum atomic E-state index is 0.0716. The minimum Gasteiger partial charge on any atom is -0.409 e. The highest BCUT2D eigenvalue weighted by Gasteiger charge is 2.12. The lowest BCUT2D eigenvalue weighted by molar-refractivity contribution is 0.318. The minimum absolute atomic E-state index is 0.0716. The highest BCUT2D eigenvalue weighted by atomic mass is 32.2. The number of thiophene rings is 1. The zero-order chi connectivity index (χ0) is 13.9. The monoisotopic (exact) mass is 301 g/mol. The van der Waals surface area contributed by atoms with E-state index >= 15 is 0 Å². The maximum absolute atomic E-state index is 8.94. The molecule has 3 rings (SSSR count). The van der Waals surface area contributed by atoms with Gasteiger partial charge >= 0.3 is 0 Å². The van der Waals surface area contributed by atoms with E-state index in [1.807, 2.05) is 47.8 Å². The van der Waals surface area contributed by atoms with Gasteiger partial charge in [-0.15, -0.1) is 11.3 Å². The number of pyridine rings is 1. The largest absolute Gasteiger partial charge is 0.409 e. The summed E-state index contributed by atoms with van der Waals surface area (Å²) in [5.74, 6) is 0.0716. The van der Waals surface area contributed by atoms with Gasteiger partial charge < -0.3 is 10.9 Å². The van der Waals surface area contributed by atoms with E-state index in [0.29, 0.717) is 5.56 Å². The van der Waals surface area contributed by atoms with Gasteiger partial charge in [-0.2, -0.15) is 0 Å². The number of nitrogens with zero attached hydrogens (tertiary/aromatic N) is 2. The fraction of sp³-hybridized carbons (Fsp3) is 0. The zero-order valence-electron chi connectivity index (χ0n) is 10.4. The van der Waals surface area contributed by atoms with E-state index in [9.17, 15) is 0 Å². The molecule has 0 saturated heterocycles. The van der Waals surface area contributed by atoms with Crippen LogP contribution in [0.4, 0.5) is 0 Å². The average molecular weight is 301 g/mol. The van der Waals surface area contributed by atoms with Crippen molar-refractivity contribution in [3.63, 3.8) is 0 Å². The Morgan fingerprint density at radius 2 is 2.10 bits per heavy atom. The number of oxime groups is 1. The Morgan fingerprint density at radius 1 is 1.25 bits per heavy atom. The summed E-state index contributed by atoms with van der Waals surface area (Å²) in [6.45, 7) is 0. The third kappa shape index (κ3) is 2.48. The molecular formula is C14H11N3OS2. The SMILES string of the molecule is NC(=NO)c1cc2ccccc2nc1Sc1cccs1. The molecule has 0 radical (unpaired) electrons. The summed E-state index contributed by atoms with van der Waals surface area (Å²) >= 11 is 3.15. The average Bonchev–Trinajstić information content (AvgIpc) is 2.98. The number of benzene rings is 1. The summed E-state index contributed by atoms with van der Waals surface area (Å²) in [5.41, 5.74) is 7.30. The van der Waals surface area contributed by atoms with Crippen molar-refractivity contribution in [2.45, 2.75) is 9.24 Å². The first-order chi connectivity index (χ1) is 9.78. The molecule has 0 aliphatic heterocycles. The van der Waals surface area contributed by atoms with Crippen LogP contribution in [0.25, 0.3) is 10.9 Å². The van der Waals surface area contributed by atoms with Gasteiger partial charge in [-0.1, -0.05) is 41.2 Å². The first kappa shape index (κ1) is 13.0. The second-order valence-corrected chi connectivity index (χ2v) is 6.29. The molecule has 0 unspecified atom stereocenters. The molecule has 6 heteroatoms. The number of fused-ring (bicyclic) bond motifs is 1. The van der Waals surface area contributed by atoms with E-state index in [1.54, 1.807) is 11.3 Å². The second-order valence-electron chi connectivity index (χ2n) is 4.05. The van der Waals surface area contributed by atoms with Crippen LogP contribution >= 0.6 is 23.1 Å². The summed E-state index contributed by atoms with van der Waals surface area (Å²) in [6, 6.07) is 13.7. The lowest BCUT2D eigenvalue weighted by atomic mass is 10.1. The van der Waals surface area contributed by atoms with Crippen molar-refractivity contribution in [3.05, 3.63) is 53.4 Å². The summed E-state index contributed by atoms with van der Waals surface area (Å²) in [6.07, 6.45) is 0. The third-order valence-electron chi connectivity index (χ3n) is 2.77. The highest BCUT2D eigenvalue weighted by molar-refractivity contribution is 8.01. The predicted molar refractivity (Wildman–Crippen MR) is 82.7 cm³/mol. The Hall–Kier alpha value is -2.05. The molecule has 100 valence electrons. The number of hydrogen-bond donors (Lipinski definition) is 2. The van der Waals surface area contributed by atoms with Gasteiger partial charge in [0.25, 0.3) is 0 Å². The molecule has 1 aromatic carbocycles. The van der Waals surface area contributed by atoms with E-state index in [1.165, 1.54) is 11.8 Å². The standard InChI is InChI=1S/C14H11N3OS2/c15-13(17-18)10-8-9-4-1-2-5-11(9)16-14(10)20-12-6-3-7-19-12/h1-8,18H,(H2,15,17). The molecule has 0 saturated carbocycles. The molecule has 0 atom stereocenters. The number of hydrogen-bond acceptors (Lipinski definition) is 5. The molecule has 0 bridgehead atoms. The fourth-order valence-corrected chi connectivity index (χ4v) is 3.63. The number of aromatic nitrogens is 1. The van der Waals surface area contributed by atoms with Crippen molar-refractivity contribution in [1.29, 1.82) is 0 Å². The fourth-order valence-electron chi connectivity index (χ4n) is 1.83. The van der Waals surface area contributed by atoms with Crippen molar-refractivity contribution in [3.8, 4) is 0 Å². The van der Waals surface area contributed by atoms with Gasteiger partial charge in [0.1, 0.15) is 5.03 Å². The van der Waals surface area contributed by atoms with Gasteiger partial charge in [0.2, 0.25) is 0 Å². The molecule has 0 spiro atoms. The van der Waals surface area contributed by atoms with Crippen LogP contribution in [-0.4, -0.2) is 16.0 Å². The van der Waals surface area contributed by atoms with Gasteiger partial charge in [0, 0.05) is 5.39 Å². The summed E-state index contributed by atoms with van der Waals surface area (Å²) in [7, 11) is 0. The van der Waals surface area contributed by atoms with Crippen molar-refractivity contribution in [2.75, 3.05) is 0 Å².